The minimum Gasteiger partial charge on any atom is -0.261 e. The molecule has 5 heteroatoms. The molecule has 0 spiro atoms. The lowest BCUT2D eigenvalue weighted by Crippen LogP contribution is -2.18. The van der Waals surface area contributed by atoms with E-state index in [-0.39, 0.29) is 0 Å². The van der Waals surface area contributed by atoms with Crippen LogP contribution in [0.2, 0.25) is 0 Å². The lowest BCUT2D eigenvalue weighted by molar-refractivity contribution is -0.141. The van der Waals surface area contributed by atoms with Crippen molar-refractivity contribution in [1.82, 2.24) is 9.97 Å². The van der Waals surface area contributed by atoms with Gasteiger partial charge in [0.15, 0.2) is 5.69 Å². The summed E-state index contributed by atoms with van der Waals surface area (Å²) in [6, 6.07) is 0. The molecule has 1 rings (SSSR count). The van der Waals surface area contributed by atoms with Crippen LogP contribution in [0.15, 0.2) is 12.4 Å². The lowest BCUT2D eigenvalue weighted by Gasteiger charge is -2.18. The summed E-state index contributed by atoms with van der Waals surface area (Å²) >= 11 is 0. The van der Waals surface area contributed by atoms with Crippen molar-refractivity contribution in [3.05, 3.63) is 23.8 Å². The van der Waals surface area contributed by atoms with Crippen LogP contribution in [0.25, 0.3) is 0 Å². The Hall–Kier alpha value is -1.13. The van der Waals surface area contributed by atoms with Crippen molar-refractivity contribution in [3.8, 4) is 0 Å². The van der Waals surface area contributed by atoms with Gasteiger partial charge in [0.05, 0.1) is 11.9 Å². The van der Waals surface area contributed by atoms with E-state index in [4.69, 9.17) is 0 Å². The third kappa shape index (κ3) is 2.43. The molecule has 0 aliphatic rings. The van der Waals surface area contributed by atoms with E-state index in [1.807, 2.05) is 0 Å². The van der Waals surface area contributed by atoms with Crippen LogP contribution in [0, 0.1) is 0 Å². The molecule has 0 atom stereocenters. The average molecular weight is 204 g/mol. The van der Waals surface area contributed by atoms with Crippen LogP contribution in [0.3, 0.4) is 0 Å². The van der Waals surface area contributed by atoms with E-state index in [0.717, 1.165) is 6.20 Å². The smallest absolute Gasteiger partial charge is 0.261 e. The Morgan fingerprint density at radius 3 is 1.93 bits per heavy atom. The Kier molecular flexibility index (Phi) is 2.52. The number of hydrogen-bond acceptors (Lipinski definition) is 2. The summed E-state index contributed by atoms with van der Waals surface area (Å²) in [7, 11) is 0. The summed E-state index contributed by atoms with van der Waals surface area (Å²) in [6.07, 6.45) is -2.33. The summed E-state index contributed by atoms with van der Waals surface area (Å²) < 4.78 is 36.8. The first kappa shape index (κ1) is 10.9. The summed E-state index contributed by atoms with van der Waals surface area (Å²) in [5.74, 6) is 0. The molecule has 0 bridgehead atoms. The molecule has 78 valence electrons. The zero-order valence-corrected chi connectivity index (χ0v) is 8.18. The van der Waals surface area contributed by atoms with Gasteiger partial charge in [0.25, 0.3) is 0 Å². The molecule has 1 heterocycles. The summed E-state index contributed by atoms with van der Waals surface area (Å²) in [4.78, 5) is 7.06. The van der Waals surface area contributed by atoms with Gasteiger partial charge in [-0.3, -0.25) is 4.98 Å². The van der Waals surface area contributed by atoms with E-state index in [2.05, 4.69) is 9.97 Å². The molecule has 0 aliphatic heterocycles. The van der Waals surface area contributed by atoms with Crippen LogP contribution in [-0.4, -0.2) is 9.97 Å². The Balaban J connectivity index is 3.15. The molecule has 1 aromatic heterocycles. The fraction of sp³-hybridized carbons (Fsp3) is 0.556. The van der Waals surface area contributed by atoms with Gasteiger partial charge in [0.2, 0.25) is 0 Å². The minimum atomic E-state index is -4.42. The van der Waals surface area contributed by atoms with E-state index >= 15 is 0 Å². The second-order valence-corrected chi connectivity index (χ2v) is 4.04. The van der Waals surface area contributed by atoms with Crippen LogP contribution in [0.4, 0.5) is 13.2 Å². The quantitative estimate of drug-likeness (QED) is 0.649. The van der Waals surface area contributed by atoms with E-state index in [9.17, 15) is 13.2 Å². The van der Waals surface area contributed by atoms with Crippen molar-refractivity contribution < 1.29 is 13.2 Å². The second-order valence-electron chi connectivity index (χ2n) is 4.04. The van der Waals surface area contributed by atoms with Crippen molar-refractivity contribution in [1.29, 1.82) is 0 Å². The van der Waals surface area contributed by atoms with Crippen LogP contribution in [0.1, 0.15) is 32.2 Å². The zero-order chi connectivity index (χ0) is 11.0. The standard InChI is InChI=1S/C9H11F3N2/c1-8(2,3)6-4-13-5-7(14-6)9(10,11)12/h4-5H,1-3H3. The fourth-order valence-corrected chi connectivity index (χ4v) is 0.864. The number of alkyl halides is 3. The SMILES string of the molecule is CC(C)(C)c1cncc(C(F)(F)F)n1. The van der Waals surface area contributed by atoms with Crippen molar-refractivity contribution >= 4 is 0 Å². The van der Waals surface area contributed by atoms with Crippen LogP contribution < -0.4 is 0 Å². The van der Waals surface area contributed by atoms with Gasteiger partial charge < -0.3 is 0 Å². The number of hydrogen-bond donors (Lipinski definition) is 0. The molecule has 0 saturated heterocycles. The van der Waals surface area contributed by atoms with Gasteiger partial charge in [-0.1, -0.05) is 20.8 Å². The lowest BCUT2D eigenvalue weighted by atomic mass is 9.93. The number of rotatable bonds is 0. The zero-order valence-electron chi connectivity index (χ0n) is 8.18. The maximum atomic E-state index is 12.3. The highest BCUT2D eigenvalue weighted by molar-refractivity contribution is 5.13. The van der Waals surface area contributed by atoms with Gasteiger partial charge in [-0.2, -0.15) is 13.2 Å². The third-order valence-electron chi connectivity index (χ3n) is 1.69. The van der Waals surface area contributed by atoms with Gasteiger partial charge in [-0.15, -0.1) is 0 Å². The van der Waals surface area contributed by atoms with Crippen LogP contribution in [-0.2, 0) is 11.6 Å². The first-order valence-corrected chi connectivity index (χ1v) is 4.11. The molecule has 0 N–H and O–H groups in total. The Bertz CT molecular complexity index is 296. The predicted molar refractivity (Wildman–Crippen MR) is 45.7 cm³/mol. The maximum absolute atomic E-state index is 12.3. The summed E-state index contributed by atoms with van der Waals surface area (Å²) in [5.41, 5.74) is -1.02. The van der Waals surface area contributed by atoms with Crippen molar-refractivity contribution in [2.45, 2.75) is 32.4 Å². The van der Waals surface area contributed by atoms with Gasteiger partial charge >= 0.3 is 6.18 Å². The normalized spacial score (nSPS) is 13.0. The molecule has 2 nitrogen and oxygen atoms in total. The topological polar surface area (TPSA) is 25.8 Å². The van der Waals surface area contributed by atoms with Crippen molar-refractivity contribution in [3.63, 3.8) is 0 Å². The molecule has 0 unspecified atom stereocenters. The van der Waals surface area contributed by atoms with Gasteiger partial charge in [-0.25, -0.2) is 4.98 Å². The highest BCUT2D eigenvalue weighted by atomic mass is 19.4. The predicted octanol–water partition coefficient (Wildman–Crippen LogP) is 2.79. The van der Waals surface area contributed by atoms with E-state index in [0.29, 0.717) is 5.69 Å². The summed E-state index contributed by atoms with van der Waals surface area (Å²) in [5, 5.41) is 0. The Labute approximate surface area is 80.2 Å². The summed E-state index contributed by atoms with van der Waals surface area (Å²) in [6.45, 7) is 5.37. The Morgan fingerprint density at radius 2 is 1.50 bits per heavy atom. The molecule has 1 aromatic rings. The average Bonchev–Trinajstić information content (AvgIpc) is 2.01. The first-order valence-electron chi connectivity index (χ1n) is 4.11. The van der Waals surface area contributed by atoms with Gasteiger partial charge in [0.1, 0.15) is 0 Å². The van der Waals surface area contributed by atoms with E-state index in [1.54, 1.807) is 20.8 Å². The monoisotopic (exact) mass is 204 g/mol. The second kappa shape index (κ2) is 3.22. The molecule has 0 amide bonds. The van der Waals surface area contributed by atoms with Crippen LogP contribution in [0.5, 0.6) is 0 Å². The van der Waals surface area contributed by atoms with Crippen LogP contribution >= 0.6 is 0 Å². The van der Waals surface area contributed by atoms with Crippen molar-refractivity contribution in [2.24, 2.45) is 0 Å². The minimum absolute atomic E-state index is 0.340. The third-order valence-corrected chi connectivity index (χ3v) is 1.69. The molecule has 0 fully saturated rings. The largest absolute Gasteiger partial charge is 0.434 e. The first-order chi connectivity index (χ1) is 6.21. The highest BCUT2D eigenvalue weighted by Gasteiger charge is 2.34. The molecule has 0 saturated carbocycles. The molecule has 14 heavy (non-hydrogen) atoms. The molecular formula is C9H11F3N2. The maximum Gasteiger partial charge on any atom is 0.434 e. The number of nitrogens with zero attached hydrogens (tertiary/aromatic N) is 2. The van der Waals surface area contributed by atoms with Gasteiger partial charge in [-0.05, 0) is 0 Å². The van der Waals surface area contributed by atoms with E-state index < -0.39 is 17.3 Å². The molecule has 0 radical (unpaired) electrons. The van der Waals surface area contributed by atoms with Gasteiger partial charge in [0, 0.05) is 11.6 Å². The molecule has 0 aliphatic carbocycles. The Morgan fingerprint density at radius 1 is 1.00 bits per heavy atom. The number of aromatic nitrogens is 2. The number of halogens is 3. The van der Waals surface area contributed by atoms with Crippen molar-refractivity contribution in [2.75, 3.05) is 0 Å². The fourth-order valence-electron chi connectivity index (χ4n) is 0.864. The molecule has 0 aromatic carbocycles. The van der Waals surface area contributed by atoms with E-state index in [1.165, 1.54) is 6.20 Å². The highest BCUT2D eigenvalue weighted by Crippen LogP contribution is 2.28. The molecular weight excluding hydrogens is 193 g/mol.